The lowest BCUT2D eigenvalue weighted by Gasteiger charge is -2.15. The summed E-state index contributed by atoms with van der Waals surface area (Å²) in [5.74, 6) is -0.539. The molecule has 0 aliphatic carbocycles. The zero-order valence-electron chi connectivity index (χ0n) is 7.96. The fourth-order valence-corrected chi connectivity index (χ4v) is 0.909. The summed E-state index contributed by atoms with van der Waals surface area (Å²) in [6.07, 6.45) is 0. The van der Waals surface area contributed by atoms with Gasteiger partial charge in [0.15, 0.2) is 0 Å². The monoisotopic (exact) mass is 193 g/mol. The van der Waals surface area contributed by atoms with E-state index in [1.165, 1.54) is 13.8 Å². The highest BCUT2D eigenvalue weighted by Gasteiger charge is 2.19. The highest BCUT2D eigenvalue weighted by Crippen LogP contribution is 2.00. The first-order chi connectivity index (χ1) is 4.95. The molecule has 0 unspecified atom stereocenters. The third-order valence-corrected chi connectivity index (χ3v) is 1.53. The van der Waals surface area contributed by atoms with Crippen LogP contribution in [0.25, 0.3) is 0 Å². The summed E-state index contributed by atoms with van der Waals surface area (Å²) in [4.78, 5) is 23.6. The maximum atomic E-state index is 10.9. The van der Waals surface area contributed by atoms with E-state index in [9.17, 15) is 9.59 Å². The summed E-state index contributed by atoms with van der Waals surface area (Å²) in [5.41, 5.74) is 0. The van der Waals surface area contributed by atoms with E-state index in [1.807, 2.05) is 19.0 Å². The van der Waals surface area contributed by atoms with Crippen LogP contribution >= 0.6 is 12.4 Å². The van der Waals surface area contributed by atoms with E-state index in [2.05, 4.69) is 0 Å². The Bertz CT molecular complexity index is 154. The fourth-order valence-electron chi connectivity index (χ4n) is 0.909. The first-order valence-electron chi connectivity index (χ1n) is 3.60. The summed E-state index contributed by atoms with van der Waals surface area (Å²) >= 11 is 0. The van der Waals surface area contributed by atoms with Crippen molar-refractivity contribution in [2.75, 3.05) is 20.6 Å². The molecular formula is C8H16ClNO2. The van der Waals surface area contributed by atoms with E-state index in [0.29, 0.717) is 6.54 Å². The molecule has 0 aromatic carbocycles. The van der Waals surface area contributed by atoms with Gasteiger partial charge in [0.05, 0.1) is 5.92 Å². The van der Waals surface area contributed by atoms with Crippen LogP contribution in [0.5, 0.6) is 0 Å². The Morgan fingerprint density at radius 3 is 1.58 bits per heavy atom. The first-order valence-corrected chi connectivity index (χ1v) is 3.60. The lowest BCUT2D eigenvalue weighted by molar-refractivity contribution is -0.130. The van der Waals surface area contributed by atoms with E-state index >= 15 is 0 Å². The Labute approximate surface area is 79.5 Å². The van der Waals surface area contributed by atoms with E-state index < -0.39 is 5.92 Å². The third kappa shape index (κ3) is 5.27. The molecule has 4 heteroatoms. The van der Waals surface area contributed by atoms with Gasteiger partial charge in [0, 0.05) is 6.54 Å². The van der Waals surface area contributed by atoms with Crippen LogP contribution in [0.4, 0.5) is 0 Å². The van der Waals surface area contributed by atoms with Crippen LogP contribution in [0.15, 0.2) is 0 Å². The average molecular weight is 194 g/mol. The van der Waals surface area contributed by atoms with Gasteiger partial charge in [-0.1, -0.05) is 0 Å². The summed E-state index contributed by atoms with van der Waals surface area (Å²) in [6, 6.07) is 0. The second-order valence-corrected chi connectivity index (χ2v) is 3.04. The van der Waals surface area contributed by atoms with E-state index in [1.54, 1.807) is 0 Å². The predicted octanol–water partition coefficient (Wildman–Crippen LogP) is 0.764. The van der Waals surface area contributed by atoms with Crippen molar-refractivity contribution < 1.29 is 9.59 Å². The van der Waals surface area contributed by atoms with E-state index in [-0.39, 0.29) is 24.0 Å². The highest BCUT2D eigenvalue weighted by molar-refractivity contribution is 6.00. The Kier molecular flexibility index (Phi) is 7.24. The second kappa shape index (κ2) is 6.14. The van der Waals surface area contributed by atoms with Crippen molar-refractivity contribution in [2.45, 2.75) is 13.8 Å². The van der Waals surface area contributed by atoms with Gasteiger partial charge in [0.25, 0.3) is 0 Å². The SMILES string of the molecule is CC(=O)C(CN(C)C)C(C)=O.Cl. The number of hydrogen-bond acceptors (Lipinski definition) is 3. The van der Waals surface area contributed by atoms with Gasteiger partial charge < -0.3 is 4.90 Å². The second-order valence-electron chi connectivity index (χ2n) is 3.04. The van der Waals surface area contributed by atoms with Gasteiger partial charge in [0.1, 0.15) is 11.6 Å². The molecule has 0 saturated carbocycles. The van der Waals surface area contributed by atoms with Crippen LogP contribution in [-0.4, -0.2) is 37.1 Å². The normalized spacial score (nSPS) is 9.83. The Hall–Kier alpha value is -0.410. The maximum Gasteiger partial charge on any atom is 0.141 e. The van der Waals surface area contributed by atoms with Gasteiger partial charge in [-0.2, -0.15) is 0 Å². The predicted molar refractivity (Wildman–Crippen MR) is 50.7 cm³/mol. The molecule has 0 bridgehead atoms. The van der Waals surface area contributed by atoms with Crippen LogP contribution in [0.2, 0.25) is 0 Å². The topological polar surface area (TPSA) is 37.4 Å². The van der Waals surface area contributed by atoms with Crippen molar-refractivity contribution in [3.63, 3.8) is 0 Å². The van der Waals surface area contributed by atoms with E-state index in [0.717, 1.165) is 0 Å². The van der Waals surface area contributed by atoms with Crippen molar-refractivity contribution >= 4 is 24.0 Å². The van der Waals surface area contributed by atoms with Crippen LogP contribution in [-0.2, 0) is 9.59 Å². The molecule has 0 aromatic heterocycles. The van der Waals surface area contributed by atoms with Crippen LogP contribution in [0.1, 0.15) is 13.8 Å². The van der Waals surface area contributed by atoms with Crippen molar-refractivity contribution in [3.05, 3.63) is 0 Å². The molecule has 72 valence electrons. The van der Waals surface area contributed by atoms with Crippen molar-refractivity contribution in [3.8, 4) is 0 Å². The number of carbonyl (C=O) groups is 2. The Balaban J connectivity index is 0. The van der Waals surface area contributed by atoms with E-state index in [4.69, 9.17) is 0 Å². The minimum atomic E-state index is -0.440. The number of rotatable bonds is 4. The van der Waals surface area contributed by atoms with Crippen molar-refractivity contribution in [1.29, 1.82) is 0 Å². The molecule has 0 radical (unpaired) electrons. The third-order valence-electron chi connectivity index (χ3n) is 1.53. The first kappa shape index (κ1) is 14.1. The molecule has 12 heavy (non-hydrogen) atoms. The number of nitrogens with zero attached hydrogens (tertiary/aromatic N) is 1. The molecule has 0 amide bonds. The molecule has 0 aliphatic heterocycles. The smallest absolute Gasteiger partial charge is 0.141 e. The molecule has 0 rings (SSSR count). The summed E-state index contributed by atoms with van der Waals surface area (Å²) in [7, 11) is 3.69. The molecule has 0 atom stereocenters. The molecular weight excluding hydrogens is 178 g/mol. The lowest BCUT2D eigenvalue weighted by atomic mass is 10.0. The minimum absolute atomic E-state index is 0. The molecule has 0 aromatic rings. The molecule has 0 spiro atoms. The summed E-state index contributed by atoms with van der Waals surface area (Å²) in [6.45, 7) is 3.43. The van der Waals surface area contributed by atoms with Gasteiger partial charge in [-0.15, -0.1) is 12.4 Å². The van der Waals surface area contributed by atoms with Crippen LogP contribution in [0, 0.1) is 5.92 Å². The molecule has 0 saturated heterocycles. The minimum Gasteiger partial charge on any atom is -0.308 e. The lowest BCUT2D eigenvalue weighted by Crippen LogP contribution is -2.31. The van der Waals surface area contributed by atoms with Crippen LogP contribution < -0.4 is 0 Å². The molecule has 0 heterocycles. The summed E-state index contributed by atoms with van der Waals surface area (Å²) in [5, 5.41) is 0. The van der Waals surface area contributed by atoms with Gasteiger partial charge >= 0.3 is 0 Å². The molecule has 0 aliphatic rings. The number of Topliss-reactive ketones (excluding diaryl/α,β-unsaturated/α-hetero) is 2. The maximum absolute atomic E-state index is 10.9. The van der Waals surface area contributed by atoms with Crippen molar-refractivity contribution in [2.24, 2.45) is 5.92 Å². The van der Waals surface area contributed by atoms with Gasteiger partial charge in [0.2, 0.25) is 0 Å². The standard InChI is InChI=1S/C8H15NO2.ClH/c1-6(10)8(7(2)11)5-9(3)4;/h8H,5H2,1-4H3;1H. The largest absolute Gasteiger partial charge is 0.308 e. The average Bonchev–Trinajstić information content (AvgIpc) is 1.81. The van der Waals surface area contributed by atoms with Gasteiger partial charge in [-0.25, -0.2) is 0 Å². The number of hydrogen-bond donors (Lipinski definition) is 0. The van der Waals surface area contributed by atoms with Gasteiger partial charge in [-0.3, -0.25) is 9.59 Å². The molecule has 0 N–H and O–H groups in total. The summed E-state index contributed by atoms with van der Waals surface area (Å²) < 4.78 is 0. The highest BCUT2D eigenvalue weighted by atomic mass is 35.5. The molecule has 0 fully saturated rings. The zero-order chi connectivity index (χ0) is 9.02. The number of ketones is 2. The number of halogens is 1. The van der Waals surface area contributed by atoms with Crippen molar-refractivity contribution in [1.82, 2.24) is 4.90 Å². The zero-order valence-corrected chi connectivity index (χ0v) is 8.77. The molecule has 3 nitrogen and oxygen atoms in total. The van der Waals surface area contributed by atoms with Gasteiger partial charge in [-0.05, 0) is 27.9 Å². The Morgan fingerprint density at radius 1 is 1.17 bits per heavy atom. The quantitative estimate of drug-likeness (QED) is 0.619. The Morgan fingerprint density at radius 2 is 1.50 bits per heavy atom. The van der Waals surface area contributed by atoms with Crippen LogP contribution in [0.3, 0.4) is 0 Å². The fraction of sp³-hybridized carbons (Fsp3) is 0.750. The number of carbonyl (C=O) groups excluding carboxylic acids is 2.